The van der Waals surface area contributed by atoms with Crippen LogP contribution >= 0.6 is 24.4 Å². The van der Waals surface area contributed by atoms with E-state index in [1.165, 1.54) is 0 Å². The number of hydrogen-bond acceptors (Lipinski definition) is 3. The van der Waals surface area contributed by atoms with Crippen LogP contribution in [-0.4, -0.2) is 17.3 Å². The predicted molar refractivity (Wildman–Crippen MR) is 44.0 cm³/mol. The molecule has 1 heterocycles. The lowest BCUT2D eigenvalue weighted by atomic mass is 10.2. The Morgan fingerprint density at radius 3 is 2.67 bits per heavy atom. The number of rotatable bonds is 0. The van der Waals surface area contributed by atoms with Gasteiger partial charge in [-0.25, -0.2) is 0 Å². The summed E-state index contributed by atoms with van der Waals surface area (Å²) in [5.74, 6) is 1.77. The average molecular weight is 160 g/mol. The SMILES string of the molecule is CC1=C(S)CSCC1=O. The highest BCUT2D eigenvalue weighted by atomic mass is 32.2. The van der Waals surface area contributed by atoms with E-state index in [-0.39, 0.29) is 5.78 Å². The number of hydrogen-bond donors (Lipinski definition) is 1. The summed E-state index contributed by atoms with van der Waals surface area (Å²) < 4.78 is 0. The van der Waals surface area contributed by atoms with E-state index in [0.29, 0.717) is 5.75 Å². The molecule has 0 aromatic rings. The lowest BCUT2D eigenvalue weighted by Crippen LogP contribution is -2.10. The number of Topliss-reactive ketones (excluding diaryl/α,β-unsaturated/α-hetero) is 1. The van der Waals surface area contributed by atoms with Crippen molar-refractivity contribution in [1.29, 1.82) is 0 Å². The molecule has 0 fully saturated rings. The first-order valence-electron chi connectivity index (χ1n) is 2.71. The van der Waals surface area contributed by atoms with Gasteiger partial charge in [0.15, 0.2) is 5.78 Å². The van der Waals surface area contributed by atoms with E-state index in [4.69, 9.17) is 0 Å². The minimum absolute atomic E-state index is 0.233. The van der Waals surface area contributed by atoms with E-state index in [1.54, 1.807) is 11.8 Å². The minimum Gasteiger partial charge on any atom is -0.294 e. The molecule has 0 bridgehead atoms. The highest BCUT2D eigenvalue weighted by molar-refractivity contribution is 8.01. The Balaban J connectivity index is 2.84. The van der Waals surface area contributed by atoms with Gasteiger partial charge in [0.1, 0.15) is 0 Å². The third-order valence-electron chi connectivity index (χ3n) is 1.32. The number of carbonyl (C=O) groups is 1. The minimum atomic E-state index is 0.233. The first-order chi connectivity index (χ1) is 4.22. The van der Waals surface area contributed by atoms with E-state index >= 15 is 0 Å². The third kappa shape index (κ3) is 1.52. The Labute approximate surface area is 64.3 Å². The van der Waals surface area contributed by atoms with Gasteiger partial charge in [0, 0.05) is 11.3 Å². The van der Waals surface area contributed by atoms with Crippen LogP contribution in [0.4, 0.5) is 0 Å². The molecule has 0 atom stereocenters. The summed E-state index contributed by atoms with van der Waals surface area (Å²) in [4.78, 5) is 11.8. The van der Waals surface area contributed by atoms with Crippen molar-refractivity contribution in [3.63, 3.8) is 0 Å². The van der Waals surface area contributed by atoms with E-state index in [0.717, 1.165) is 16.2 Å². The lowest BCUT2D eigenvalue weighted by Gasteiger charge is -2.10. The summed E-state index contributed by atoms with van der Waals surface area (Å²) in [6.45, 7) is 1.84. The number of allylic oxidation sites excluding steroid dienone is 1. The van der Waals surface area contributed by atoms with Crippen LogP contribution in [0.25, 0.3) is 0 Å². The first kappa shape index (κ1) is 7.22. The van der Waals surface area contributed by atoms with Crippen molar-refractivity contribution in [2.24, 2.45) is 0 Å². The Morgan fingerprint density at radius 1 is 1.56 bits per heavy atom. The van der Waals surface area contributed by atoms with Crippen molar-refractivity contribution in [2.45, 2.75) is 6.92 Å². The molecule has 0 aromatic carbocycles. The standard InChI is InChI=1S/C6H8OS2/c1-4-5(7)2-9-3-6(4)8/h8H,2-3H2,1H3. The molecule has 0 aliphatic carbocycles. The molecule has 0 radical (unpaired) electrons. The maximum Gasteiger partial charge on any atom is 0.169 e. The van der Waals surface area contributed by atoms with Crippen LogP contribution in [0.3, 0.4) is 0 Å². The fraction of sp³-hybridized carbons (Fsp3) is 0.500. The second-order valence-corrected chi connectivity index (χ2v) is 3.51. The van der Waals surface area contributed by atoms with Gasteiger partial charge in [-0.3, -0.25) is 4.79 Å². The van der Waals surface area contributed by atoms with Gasteiger partial charge in [0.05, 0.1) is 5.75 Å². The summed E-state index contributed by atoms with van der Waals surface area (Å²) in [7, 11) is 0. The summed E-state index contributed by atoms with van der Waals surface area (Å²) in [5.41, 5.74) is 0.845. The van der Waals surface area contributed by atoms with Gasteiger partial charge in [-0.2, -0.15) is 0 Å². The average Bonchev–Trinajstić information content (AvgIpc) is 1.83. The third-order valence-corrected chi connectivity index (χ3v) is 2.99. The zero-order valence-corrected chi connectivity index (χ0v) is 6.89. The predicted octanol–water partition coefficient (Wildman–Crippen LogP) is 1.51. The molecule has 0 unspecified atom stereocenters. The quantitative estimate of drug-likeness (QED) is 0.541. The lowest BCUT2D eigenvalue weighted by molar-refractivity contribution is -0.113. The van der Waals surface area contributed by atoms with Gasteiger partial charge in [-0.1, -0.05) is 0 Å². The molecule has 1 aliphatic rings. The molecule has 0 amide bonds. The number of thiol groups is 1. The van der Waals surface area contributed by atoms with Crippen LogP contribution in [-0.2, 0) is 4.79 Å². The molecule has 0 saturated heterocycles. The van der Waals surface area contributed by atoms with E-state index < -0.39 is 0 Å². The Hall–Kier alpha value is 0.110. The highest BCUT2D eigenvalue weighted by Crippen LogP contribution is 2.22. The number of thioether (sulfide) groups is 1. The number of carbonyl (C=O) groups excluding carboxylic acids is 1. The van der Waals surface area contributed by atoms with Gasteiger partial charge in [-0.15, -0.1) is 24.4 Å². The summed E-state index contributed by atoms with van der Waals surface area (Å²) in [5, 5.41) is 0. The Kier molecular flexibility index (Phi) is 2.24. The highest BCUT2D eigenvalue weighted by Gasteiger charge is 2.13. The number of ketones is 1. The molecule has 1 aliphatic heterocycles. The molecule has 1 rings (SSSR count). The second-order valence-electron chi connectivity index (χ2n) is 1.99. The van der Waals surface area contributed by atoms with Gasteiger partial charge in [-0.05, 0) is 11.8 Å². The molecule has 1 nitrogen and oxygen atoms in total. The Bertz CT molecular complexity index is 172. The maximum absolute atomic E-state index is 10.9. The zero-order valence-electron chi connectivity index (χ0n) is 5.18. The van der Waals surface area contributed by atoms with Crippen LogP contribution < -0.4 is 0 Å². The van der Waals surface area contributed by atoms with Crippen LogP contribution in [0, 0.1) is 0 Å². The summed E-state index contributed by atoms with van der Waals surface area (Å²) in [6.07, 6.45) is 0. The normalized spacial score (nSPS) is 20.9. The molecule has 3 heteroatoms. The van der Waals surface area contributed by atoms with Crippen molar-refractivity contribution in [1.82, 2.24) is 0 Å². The molecular formula is C6H8OS2. The molecule has 0 aromatic heterocycles. The van der Waals surface area contributed by atoms with Crippen molar-refractivity contribution in [2.75, 3.05) is 11.5 Å². The van der Waals surface area contributed by atoms with E-state index in [9.17, 15) is 4.79 Å². The van der Waals surface area contributed by atoms with Crippen molar-refractivity contribution in [3.05, 3.63) is 10.5 Å². The Morgan fingerprint density at radius 2 is 2.22 bits per heavy atom. The van der Waals surface area contributed by atoms with Crippen LogP contribution in [0.5, 0.6) is 0 Å². The van der Waals surface area contributed by atoms with E-state index in [1.807, 2.05) is 6.92 Å². The van der Waals surface area contributed by atoms with Gasteiger partial charge in [0.25, 0.3) is 0 Å². The van der Waals surface area contributed by atoms with E-state index in [2.05, 4.69) is 12.6 Å². The monoisotopic (exact) mass is 160 g/mol. The van der Waals surface area contributed by atoms with Crippen molar-refractivity contribution < 1.29 is 4.79 Å². The van der Waals surface area contributed by atoms with Crippen molar-refractivity contribution in [3.8, 4) is 0 Å². The van der Waals surface area contributed by atoms with Crippen LogP contribution in [0.2, 0.25) is 0 Å². The molecule has 50 valence electrons. The summed E-state index contributed by atoms with van der Waals surface area (Å²) in [6, 6.07) is 0. The smallest absolute Gasteiger partial charge is 0.169 e. The van der Waals surface area contributed by atoms with Gasteiger partial charge < -0.3 is 0 Å². The largest absolute Gasteiger partial charge is 0.294 e. The molecule has 0 saturated carbocycles. The van der Waals surface area contributed by atoms with Gasteiger partial charge in [0.2, 0.25) is 0 Å². The second kappa shape index (κ2) is 2.80. The zero-order chi connectivity index (χ0) is 6.85. The maximum atomic E-state index is 10.9. The topological polar surface area (TPSA) is 17.1 Å². The fourth-order valence-corrected chi connectivity index (χ4v) is 1.93. The van der Waals surface area contributed by atoms with Crippen LogP contribution in [0.1, 0.15) is 6.92 Å². The molecule has 0 spiro atoms. The van der Waals surface area contributed by atoms with Gasteiger partial charge >= 0.3 is 0 Å². The van der Waals surface area contributed by atoms with Crippen LogP contribution in [0.15, 0.2) is 10.5 Å². The summed E-state index contributed by atoms with van der Waals surface area (Å²) >= 11 is 5.78. The first-order valence-corrected chi connectivity index (χ1v) is 4.31. The molecule has 9 heavy (non-hydrogen) atoms. The molecular weight excluding hydrogens is 152 g/mol. The molecule has 0 N–H and O–H groups in total. The fourth-order valence-electron chi connectivity index (χ4n) is 0.618. The van der Waals surface area contributed by atoms with Crippen molar-refractivity contribution >= 4 is 30.2 Å².